The third kappa shape index (κ3) is 2.75. The molecule has 0 saturated carbocycles. The molecule has 10 nitrogen and oxygen atoms in total. The van der Waals surface area contributed by atoms with Crippen LogP contribution in [0.1, 0.15) is 20.7 Å². The highest BCUT2D eigenvalue weighted by atomic mass is 16.4. The van der Waals surface area contributed by atoms with E-state index in [4.69, 9.17) is 10.2 Å². The summed E-state index contributed by atoms with van der Waals surface area (Å²) in [6.45, 7) is 0. The van der Waals surface area contributed by atoms with Gasteiger partial charge in [-0.15, -0.1) is 0 Å². The molecule has 0 aliphatic carbocycles. The SMILES string of the molecule is O=C(O)c1cccc2n[nH]nc12.O=C(O)c1cccc2n[nH]nc12. The second-order valence-electron chi connectivity index (χ2n) is 4.60. The molecular weight excluding hydrogens is 316 g/mol. The average Bonchev–Trinajstić information content (AvgIpc) is 3.23. The van der Waals surface area contributed by atoms with Crippen molar-refractivity contribution in [3.63, 3.8) is 0 Å². The minimum atomic E-state index is -0.991. The molecule has 24 heavy (non-hydrogen) atoms. The molecule has 2 aromatic heterocycles. The number of rotatable bonds is 2. The molecule has 120 valence electrons. The van der Waals surface area contributed by atoms with Gasteiger partial charge in [0.1, 0.15) is 22.1 Å². The monoisotopic (exact) mass is 326 g/mol. The van der Waals surface area contributed by atoms with Gasteiger partial charge in [-0.25, -0.2) is 9.59 Å². The van der Waals surface area contributed by atoms with Crippen molar-refractivity contribution in [2.75, 3.05) is 0 Å². The van der Waals surface area contributed by atoms with Crippen molar-refractivity contribution in [1.82, 2.24) is 30.8 Å². The molecule has 0 aliphatic heterocycles. The van der Waals surface area contributed by atoms with E-state index in [0.29, 0.717) is 22.1 Å². The molecule has 4 N–H and O–H groups in total. The normalized spacial score (nSPS) is 10.3. The number of aromatic nitrogens is 6. The van der Waals surface area contributed by atoms with Crippen molar-refractivity contribution < 1.29 is 19.8 Å². The quantitative estimate of drug-likeness (QED) is 0.429. The number of benzene rings is 2. The summed E-state index contributed by atoms with van der Waals surface area (Å²) in [5, 5.41) is 37.1. The highest BCUT2D eigenvalue weighted by Gasteiger charge is 2.10. The van der Waals surface area contributed by atoms with E-state index in [1.807, 2.05) is 0 Å². The van der Waals surface area contributed by atoms with Crippen LogP contribution in [0.15, 0.2) is 36.4 Å². The fourth-order valence-electron chi connectivity index (χ4n) is 2.08. The van der Waals surface area contributed by atoms with Gasteiger partial charge in [0.05, 0.1) is 11.1 Å². The summed E-state index contributed by atoms with van der Waals surface area (Å²) in [7, 11) is 0. The van der Waals surface area contributed by atoms with Gasteiger partial charge in [-0.3, -0.25) is 0 Å². The molecule has 4 rings (SSSR count). The van der Waals surface area contributed by atoms with E-state index in [9.17, 15) is 9.59 Å². The summed E-state index contributed by atoms with van der Waals surface area (Å²) in [5.41, 5.74) is 2.25. The summed E-state index contributed by atoms with van der Waals surface area (Å²) in [6.07, 6.45) is 0. The van der Waals surface area contributed by atoms with Crippen molar-refractivity contribution in [1.29, 1.82) is 0 Å². The zero-order chi connectivity index (χ0) is 17.1. The Morgan fingerprint density at radius 1 is 0.708 bits per heavy atom. The lowest BCUT2D eigenvalue weighted by atomic mass is 10.2. The number of carboxylic acids is 2. The van der Waals surface area contributed by atoms with E-state index in [-0.39, 0.29) is 11.1 Å². The fourth-order valence-corrected chi connectivity index (χ4v) is 2.08. The van der Waals surface area contributed by atoms with Crippen LogP contribution >= 0.6 is 0 Å². The molecule has 0 radical (unpaired) electrons. The lowest BCUT2D eigenvalue weighted by molar-refractivity contribution is 0.0688. The van der Waals surface area contributed by atoms with Crippen molar-refractivity contribution in [2.45, 2.75) is 0 Å². The molecule has 0 spiro atoms. The van der Waals surface area contributed by atoms with E-state index in [2.05, 4.69) is 30.8 Å². The van der Waals surface area contributed by atoms with Crippen molar-refractivity contribution in [3.05, 3.63) is 47.5 Å². The first-order valence-electron chi connectivity index (χ1n) is 6.63. The van der Waals surface area contributed by atoms with Crippen LogP contribution < -0.4 is 0 Å². The van der Waals surface area contributed by atoms with E-state index in [1.54, 1.807) is 24.3 Å². The highest BCUT2D eigenvalue weighted by molar-refractivity contribution is 6.01. The highest BCUT2D eigenvalue weighted by Crippen LogP contribution is 2.13. The molecule has 0 fully saturated rings. The molecule has 10 heteroatoms. The minimum absolute atomic E-state index is 0.168. The van der Waals surface area contributed by atoms with Crippen molar-refractivity contribution in [2.24, 2.45) is 0 Å². The minimum Gasteiger partial charge on any atom is -0.478 e. The topological polar surface area (TPSA) is 158 Å². The predicted molar refractivity (Wildman–Crippen MR) is 81.7 cm³/mol. The molecule has 0 unspecified atom stereocenters. The van der Waals surface area contributed by atoms with Gasteiger partial charge in [-0.2, -0.15) is 30.8 Å². The van der Waals surface area contributed by atoms with Crippen LogP contribution in [0, 0.1) is 0 Å². The molecule has 0 bridgehead atoms. The lowest BCUT2D eigenvalue weighted by Crippen LogP contribution is -1.96. The van der Waals surface area contributed by atoms with Crippen LogP contribution in [0.3, 0.4) is 0 Å². The maximum Gasteiger partial charge on any atom is 0.338 e. The molecule has 0 aliphatic rings. The number of fused-ring (bicyclic) bond motifs is 2. The Balaban J connectivity index is 0.000000141. The number of hydrogen-bond donors (Lipinski definition) is 4. The summed E-state index contributed by atoms with van der Waals surface area (Å²) < 4.78 is 0. The summed E-state index contributed by atoms with van der Waals surface area (Å²) >= 11 is 0. The molecule has 0 saturated heterocycles. The zero-order valence-corrected chi connectivity index (χ0v) is 12.0. The smallest absolute Gasteiger partial charge is 0.338 e. The molecule has 2 aromatic carbocycles. The van der Waals surface area contributed by atoms with E-state index in [0.717, 1.165) is 0 Å². The Morgan fingerprint density at radius 2 is 1.12 bits per heavy atom. The Hall–Kier alpha value is -3.82. The number of carboxylic acid groups (broad SMARTS) is 2. The number of para-hydroxylation sites is 2. The van der Waals surface area contributed by atoms with Crippen molar-refractivity contribution >= 4 is 34.0 Å². The number of aromatic carboxylic acids is 2. The van der Waals surface area contributed by atoms with Gasteiger partial charge in [0.2, 0.25) is 0 Å². The molecular formula is C14H10N6O4. The van der Waals surface area contributed by atoms with Gasteiger partial charge >= 0.3 is 11.9 Å². The first-order chi connectivity index (χ1) is 11.6. The van der Waals surface area contributed by atoms with Gasteiger partial charge in [-0.05, 0) is 24.3 Å². The first-order valence-corrected chi connectivity index (χ1v) is 6.63. The lowest BCUT2D eigenvalue weighted by Gasteiger charge is -1.91. The Kier molecular flexibility index (Phi) is 3.85. The van der Waals surface area contributed by atoms with Gasteiger partial charge in [0.25, 0.3) is 0 Å². The van der Waals surface area contributed by atoms with Crippen LogP contribution in [0.2, 0.25) is 0 Å². The predicted octanol–water partition coefficient (Wildman–Crippen LogP) is 1.31. The Bertz CT molecular complexity index is 954. The fraction of sp³-hybridized carbons (Fsp3) is 0. The number of nitrogens with one attached hydrogen (secondary N) is 2. The summed E-state index contributed by atoms with van der Waals surface area (Å²) in [4.78, 5) is 21.3. The van der Waals surface area contributed by atoms with E-state index < -0.39 is 11.9 Å². The summed E-state index contributed by atoms with van der Waals surface area (Å²) in [6, 6.07) is 9.65. The van der Waals surface area contributed by atoms with Gasteiger partial charge in [-0.1, -0.05) is 12.1 Å². The maximum absolute atomic E-state index is 10.6. The van der Waals surface area contributed by atoms with E-state index in [1.165, 1.54) is 12.1 Å². The molecule has 4 aromatic rings. The second kappa shape index (κ2) is 6.12. The van der Waals surface area contributed by atoms with Gasteiger partial charge < -0.3 is 10.2 Å². The third-order valence-corrected chi connectivity index (χ3v) is 3.15. The largest absolute Gasteiger partial charge is 0.478 e. The molecule has 0 amide bonds. The Labute approximate surface area is 133 Å². The zero-order valence-electron chi connectivity index (χ0n) is 12.0. The number of carbonyl (C=O) groups is 2. The summed E-state index contributed by atoms with van der Waals surface area (Å²) in [5.74, 6) is -1.98. The molecule has 2 heterocycles. The Morgan fingerprint density at radius 3 is 1.50 bits per heavy atom. The third-order valence-electron chi connectivity index (χ3n) is 3.15. The van der Waals surface area contributed by atoms with Crippen LogP contribution in [-0.4, -0.2) is 53.0 Å². The standard InChI is InChI=1S/2C7H5N3O2/c2*11-7(12)4-2-1-3-5-6(4)9-10-8-5/h2*1-3H,(H,11,12)(H,8,9,10). The van der Waals surface area contributed by atoms with Gasteiger partial charge in [0, 0.05) is 0 Å². The number of aromatic amines is 2. The average molecular weight is 326 g/mol. The van der Waals surface area contributed by atoms with E-state index >= 15 is 0 Å². The molecule has 0 atom stereocenters. The maximum atomic E-state index is 10.6. The number of nitrogens with zero attached hydrogens (tertiary/aromatic N) is 4. The van der Waals surface area contributed by atoms with Crippen LogP contribution in [-0.2, 0) is 0 Å². The van der Waals surface area contributed by atoms with Crippen LogP contribution in [0.5, 0.6) is 0 Å². The number of H-pyrrole nitrogens is 2. The number of hydrogen-bond acceptors (Lipinski definition) is 6. The van der Waals surface area contributed by atoms with Gasteiger partial charge in [0.15, 0.2) is 0 Å². The van der Waals surface area contributed by atoms with Crippen molar-refractivity contribution in [3.8, 4) is 0 Å². The second-order valence-corrected chi connectivity index (χ2v) is 4.60. The first kappa shape index (κ1) is 15.1. The van der Waals surface area contributed by atoms with Crippen LogP contribution in [0.4, 0.5) is 0 Å². The van der Waals surface area contributed by atoms with Crippen LogP contribution in [0.25, 0.3) is 22.1 Å².